The summed E-state index contributed by atoms with van der Waals surface area (Å²) in [7, 11) is 1.51. The fourth-order valence-corrected chi connectivity index (χ4v) is 2.51. The summed E-state index contributed by atoms with van der Waals surface area (Å²) in [6.07, 6.45) is 1.39. The van der Waals surface area contributed by atoms with Crippen LogP contribution in [0.5, 0.6) is 17.2 Å². The molecule has 2 aromatic carbocycles. The lowest BCUT2D eigenvalue weighted by Crippen LogP contribution is -2.24. The number of carbonyl (C=O) groups is 1. The largest absolute Gasteiger partial charge is 0.493 e. The lowest BCUT2D eigenvalue weighted by molar-refractivity contribution is 0.211. The topological polar surface area (TPSA) is 95.2 Å². The Kier molecular flexibility index (Phi) is 7.31. The fraction of sp³-hybridized carbons (Fsp3) is 0.263. The molecule has 2 amide bonds. The fourth-order valence-electron chi connectivity index (χ4n) is 2.23. The van der Waals surface area contributed by atoms with E-state index < -0.39 is 6.03 Å². The number of halogens is 1. The highest BCUT2D eigenvalue weighted by Gasteiger charge is 2.12. The summed E-state index contributed by atoms with van der Waals surface area (Å²) in [5.74, 6) is 1.63. The number of hydrogen-bond donors (Lipinski definition) is 2. The lowest BCUT2D eigenvalue weighted by atomic mass is 10.1. The van der Waals surface area contributed by atoms with Gasteiger partial charge in [0, 0.05) is 0 Å². The van der Waals surface area contributed by atoms with Crippen molar-refractivity contribution in [3.8, 4) is 17.2 Å². The van der Waals surface area contributed by atoms with Crippen molar-refractivity contribution in [2.45, 2.75) is 13.8 Å². The Morgan fingerprint density at radius 2 is 1.93 bits per heavy atom. The van der Waals surface area contributed by atoms with E-state index in [0.717, 1.165) is 5.75 Å². The van der Waals surface area contributed by atoms with Gasteiger partial charge >= 0.3 is 6.03 Å². The summed E-state index contributed by atoms with van der Waals surface area (Å²) >= 11 is 6.27. The molecule has 0 saturated carbocycles. The number of amides is 2. The third-order valence-corrected chi connectivity index (χ3v) is 4.00. The van der Waals surface area contributed by atoms with Crippen molar-refractivity contribution in [1.82, 2.24) is 5.43 Å². The molecule has 0 spiro atoms. The Morgan fingerprint density at radius 3 is 2.59 bits per heavy atom. The van der Waals surface area contributed by atoms with Gasteiger partial charge in [-0.05, 0) is 54.8 Å². The number of urea groups is 1. The molecule has 2 aromatic rings. The predicted octanol–water partition coefficient (Wildman–Crippen LogP) is 3.43. The first-order valence-corrected chi connectivity index (χ1v) is 8.57. The molecule has 0 unspecified atom stereocenters. The van der Waals surface area contributed by atoms with Gasteiger partial charge in [-0.3, -0.25) is 0 Å². The van der Waals surface area contributed by atoms with Crippen LogP contribution in [-0.2, 0) is 0 Å². The van der Waals surface area contributed by atoms with Crippen molar-refractivity contribution in [3.63, 3.8) is 0 Å². The van der Waals surface area contributed by atoms with Gasteiger partial charge in [-0.15, -0.1) is 0 Å². The van der Waals surface area contributed by atoms with Gasteiger partial charge in [0.05, 0.1) is 18.3 Å². The van der Waals surface area contributed by atoms with Gasteiger partial charge in [0.2, 0.25) is 0 Å². The second kappa shape index (κ2) is 9.68. The van der Waals surface area contributed by atoms with Crippen LogP contribution >= 0.6 is 11.6 Å². The van der Waals surface area contributed by atoms with E-state index in [4.69, 9.17) is 31.5 Å². The van der Waals surface area contributed by atoms with Gasteiger partial charge in [0.25, 0.3) is 0 Å². The molecule has 0 heterocycles. The number of hydrazone groups is 1. The molecule has 0 fully saturated rings. The van der Waals surface area contributed by atoms with Crippen molar-refractivity contribution in [2.24, 2.45) is 10.8 Å². The quantitative estimate of drug-likeness (QED) is 0.409. The number of benzene rings is 2. The number of rotatable bonds is 8. The number of nitrogens with two attached hydrogens (primary N) is 1. The maximum Gasteiger partial charge on any atom is 0.332 e. The average molecular weight is 392 g/mol. The molecule has 27 heavy (non-hydrogen) atoms. The van der Waals surface area contributed by atoms with E-state index >= 15 is 0 Å². The molecule has 0 saturated heterocycles. The number of hydrogen-bond acceptors (Lipinski definition) is 5. The number of carbonyl (C=O) groups excluding carboxylic acids is 1. The monoisotopic (exact) mass is 391 g/mol. The number of nitrogens with zero attached hydrogens (tertiary/aromatic N) is 1. The van der Waals surface area contributed by atoms with Crippen LogP contribution < -0.4 is 25.4 Å². The smallest absolute Gasteiger partial charge is 0.332 e. The van der Waals surface area contributed by atoms with Crippen molar-refractivity contribution in [3.05, 3.63) is 52.0 Å². The average Bonchev–Trinajstić information content (AvgIpc) is 2.62. The Morgan fingerprint density at radius 1 is 1.19 bits per heavy atom. The summed E-state index contributed by atoms with van der Waals surface area (Å²) < 4.78 is 16.7. The first kappa shape index (κ1) is 20.4. The summed E-state index contributed by atoms with van der Waals surface area (Å²) in [6, 6.07) is 8.47. The minimum Gasteiger partial charge on any atom is -0.493 e. The standard InChI is InChI=1S/C19H22ClN3O4/c1-12-4-5-15(8-13(12)2)26-6-7-27-18-16(20)9-14(10-17(18)25-3)11-22-23-19(21)24/h4-5,8-11H,6-7H2,1-3H3,(H3,21,23,24). The number of primary amides is 1. The van der Waals surface area contributed by atoms with Crippen LogP contribution in [-0.4, -0.2) is 32.6 Å². The SMILES string of the molecule is COc1cc(C=NNC(N)=O)cc(Cl)c1OCCOc1ccc(C)c(C)c1. The summed E-state index contributed by atoms with van der Waals surface area (Å²) in [4.78, 5) is 10.6. The van der Waals surface area contributed by atoms with Gasteiger partial charge in [-0.25, -0.2) is 10.2 Å². The summed E-state index contributed by atoms with van der Waals surface area (Å²) in [6.45, 7) is 4.73. The molecule has 2 rings (SSSR count). The third-order valence-electron chi connectivity index (χ3n) is 3.72. The number of nitrogens with one attached hydrogen (secondary N) is 1. The van der Waals surface area contributed by atoms with Crippen molar-refractivity contribution in [2.75, 3.05) is 20.3 Å². The lowest BCUT2D eigenvalue weighted by Gasteiger charge is -2.14. The van der Waals surface area contributed by atoms with Crippen LogP contribution in [0.4, 0.5) is 4.79 Å². The number of aryl methyl sites for hydroxylation is 2. The van der Waals surface area contributed by atoms with Gasteiger partial charge in [-0.2, -0.15) is 5.10 Å². The van der Waals surface area contributed by atoms with Crippen LogP contribution in [0.25, 0.3) is 0 Å². The maximum absolute atomic E-state index is 10.6. The molecule has 144 valence electrons. The van der Waals surface area contributed by atoms with E-state index in [1.54, 1.807) is 12.1 Å². The summed E-state index contributed by atoms with van der Waals surface area (Å²) in [5.41, 5.74) is 10.0. The molecule has 0 aliphatic carbocycles. The Balaban J connectivity index is 1.97. The molecule has 0 aromatic heterocycles. The minimum atomic E-state index is -0.756. The molecule has 0 radical (unpaired) electrons. The molecule has 3 N–H and O–H groups in total. The van der Waals surface area contributed by atoms with Crippen LogP contribution in [0, 0.1) is 13.8 Å². The van der Waals surface area contributed by atoms with E-state index in [0.29, 0.717) is 35.3 Å². The molecular weight excluding hydrogens is 370 g/mol. The highest BCUT2D eigenvalue weighted by atomic mass is 35.5. The zero-order valence-electron chi connectivity index (χ0n) is 15.4. The molecule has 0 bridgehead atoms. The molecule has 0 atom stereocenters. The van der Waals surface area contributed by atoms with Crippen molar-refractivity contribution < 1.29 is 19.0 Å². The molecule has 8 heteroatoms. The molecule has 7 nitrogen and oxygen atoms in total. The first-order chi connectivity index (χ1) is 12.9. The van der Waals surface area contributed by atoms with E-state index in [1.807, 2.05) is 25.1 Å². The Bertz CT molecular complexity index is 840. The molecule has 0 aliphatic heterocycles. The number of methoxy groups -OCH3 is 1. The zero-order valence-corrected chi connectivity index (χ0v) is 16.2. The van der Waals surface area contributed by atoms with Gasteiger partial charge in [-0.1, -0.05) is 17.7 Å². The van der Waals surface area contributed by atoms with E-state index in [-0.39, 0.29) is 0 Å². The van der Waals surface area contributed by atoms with Crippen LogP contribution in [0.2, 0.25) is 5.02 Å². The van der Waals surface area contributed by atoms with Crippen molar-refractivity contribution in [1.29, 1.82) is 0 Å². The van der Waals surface area contributed by atoms with Gasteiger partial charge < -0.3 is 19.9 Å². The van der Waals surface area contributed by atoms with Gasteiger partial charge in [0.1, 0.15) is 19.0 Å². The van der Waals surface area contributed by atoms with E-state index in [9.17, 15) is 4.79 Å². The Hall–Kier alpha value is -2.93. The van der Waals surface area contributed by atoms with Crippen molar-refractivity contribution >= 4 is 23.8 Å². The van der Waals surface area contributed by atoms with Crippen LogP contribution in [0.3, 0.4) is 0 Å². The third kappa shape index (κ3) is 6.07. The highest BCUT2D eigenvalue weighted by Crippen LogP contribution is 2.36. The first-order valence-electron chi connectivity index (χ1n) is 8.19. The minimum absolute atomic E-state index is 0.291. The van der Waals surface area contributed by atoms with Crippen LogP contribution in [0.1, 0.15) is 16.7 Å². The summed E-state index contributed by atoms with van der Waals surface area (Å²) in [5, 5.41) is 4.03. The molecule has 0 aliphatic rings. The van der Waals surface area contributed by atoms with Crippen LogP contribution in [0.15, 0.2) is 35.4 Å². The van der Waals surface area contributed by atoms with E-state index in [1.165, 1.54) is 24.5 Å². The predicted molar refractivity (Wildman–Crippen MR) is 105 cm³/mol. The Labute approximate surface area is 163 Å². The highest BCUT2D eigenvalue weighted by molar-refractivity contribution is 6.32. The zero-order chi connectivity index (χ0) is 19.8. The van der Waals surface area contributed by atoms with E-state index in [2.05, 4.69) is 17.5 Å². The second-order valence-electron chi connectivity index (χ2n) is 5.71. The second-order valence-corrected chi connectivity index (χ2v) is 6.12. The van der Waals surface area contributed by atoms with Gasteiger partial charge in [0.15, 0.2) is 11.5 Å². The molecular formula is C19H22ClN3O4. The number of ether oxygens (including phenoxy) is 3. The maximum atomic E-state index is 10.6. The normalized spacial score (nSPS) is 10.7.